The summed E-state index contributed by atoms with van der Waals surface area (Å²) in [4.78, 5) is 33.6. The Balaban J connectivity index is 1.73. The first kappa shape index (κ1) is 21.6. The van der Waals surface area contributed by atoms with Crippen molar-refractivity contribution >= 4 is 29.0 Å². The van der Waals surface area contributed by atoms with Crippen molar-refractivity contribution in [2.45, 2.75) is 32.6 Å². The van der Waals surface area contributed by atoms with Crippen LogP contribution >= 0.6 is 11.3 Å². The van der Waals surface area contributed by atoms with Crippen molar-refractivity contribution in [3.8, 4) is 11.3 Å². The third kappa shape index (κ3) is 4.68. The number of aromatic nitrogens is 3. The molecular formula is C25H23N3O3S. The fourth-order valence-electron chi connectivity index (χ4n) is 3.43. The number of carboxylic acid groups (broad SMARTS) is 1. The molecule has 0 bridgehead atoms. The van der Waals surface area contributed by atoms with E-state index in [0.29, 0.717) is 17.3 Å². The molecule has 32 heavy (non-hydrogen) atoms. The summed E-state index contributed by atoms with van der Waals surface area (Å²) in [5.74, 6) is -0.704. The van der Waals surface area contributed by atoms with Gasteiger partial charge in [-0.05, 0) is 36.1 Å². The maximum Gasteiger partial charge on any atom is 0.328 e. The summed E-state index contributed by atoms with van der Waals surface area (Å²) in [7, 11) is 0. The summed E-state index contributed by atoms with van der Waals surface area (Å²) in [6.07, 6.45) is 5.59. The first-order chi connectivity index (χ1) is 15.4. The molecule has 4 rings (SSSR count). The molecule has 0 radical (unpaired) electrons. The fourth-order valence-corrected chi connectivity index (χ4v) is 4.39. The number of hydrogen-bond acceptors (Lipinski definition) is 5. The van der Waals surface area contributed by atoms with Gasteiger partial charge in [0, 0.05) is 29.6 Å². The number of carbonyl (C=O) groups is 1. The summed E-state index contributed by atoms with van der Waals surface area (Å²) in [6.45, 7) is 4.27. The van der Waals surface area contributed by atoms with E-state index in [9.17, 15) is 9.59 Å². The monoisotopic (exact) mass is 445 g/mol. The molecule has 6 nitrogen and oxygen atoms in total. The van der Waals surface area contributed by atoms with E-state index in [4.69, 9.17) is 15.1 Å². The van der Waals surface area contributed by atoms with Crippen LogP contribution in [-0.2, 0) is 17.6 Å². The SMILES string of the molecule is CC(C)c1csc(CCc2ccn3c(=O)c(C=CC(=O)O)c(-c4ccccc4)nc3c2)n1. The van der Waals surface area contributed by atoms with E-state index in [1.807, 2.05) is 42.5 Å². The van der Waals surface area contributed by atoms with E-state index < -0.39 is 5.97 Å². The molecule has 7 heteroatoms. The molecule has 3 heterocycles. The molecule has 0 saturated carbocycles. The molecular weight excluding hydrogens is 422 g/mol. The Bertz CT molecular complexity index is 1350. The average molecular weight is 446 g/mol. The quantitative estimate of drug-likeness (QED) is 0.412. The highest BCUT2D eigenvalue weighted by atomic mass is 32.1. The van der Waals surface area contributed by atoms with Crippen molar-refractivity contribution in [3.05, 3.63) is 92.3 Å². The van der Waals surface area contributed by atoms with Gasteiger partial charge in [-0.2, -0.15) is 0 Å². The molecule has 0 aliphatic heterocycles. The van der Waals surface area contributed by atoms with Gasteiger partial charge in [-0.15, -0.1) is 11.3 Å². The fraction of sp³-hybridized carbons (Fsp3) is 0.200. The van der Waals surface area contributed by atoms with Gasteiger partial charge in [-0.3, -0.25) is 9.20 Å². The number of carboxylic acids is 1. The van der Waals surface area contributed by atoms with Crippen molar-refractivity contribution in [2.24, 2.45) is 0 Å². The second kappa shape index (κ2) is 9.28. The Morgan fingerprint density at radius 1 is 1.16 bits per heavy atom. The zero-order valence-corrected chi connectivity index (χ0v) is 18.7. The van der Waals surface area contributed by atoms with Gasteiger partial charge >= 0.3 is 5.97 Å². The number of rotatable bonds is 7. The van der Waals surface area contributed by atoms with E-state index in [-0.39, 0.29) is 11.1 Å². The summed E-state index contributed by atoms with van der Waals surface area (Å²) in [5.41, 5.74) is 3.86. The van der Waals surface area contributed by atoms with Gasteiger partial charge in [0.1, 0.15) is 5.65 Å². The van der Waals surface area contributed by atoms with Crippen molar-refractivity contribution in [2.75, 3.05) is 0 Å². The molecule has 0 aliphatic carbocycles. The summed E-state index contributed by atoms with van der Waals surface area (Å²) >= 11 is 1.68. The molecule has 1 N–H and O–H groups in total. The molecule has 0 amide bonds. The van der Waals surface area contributed by atoms with E-state index in [0.717, 1.165) is 40.7 Å². The Morgan fingerprint density at radius 3 is 2.62 bits per heavy atom. The highest BCUT2D eigenvalue weighted by Gasteiger charge is 2.14. The Hall–Kier alpha value is -3.58. The third-order valence-electron chi connectivity index (χ3n) is 5.16. The lowest BCUT2D eigenvalue weighted by molar-refractivity contribution is -0.131. The van der Waals surface area contributed by atoms with E-state index in [2.05, 4.69) is 19.2 Å². The Kier molecular flexibility index (Phi) is 6.28. The lowest BCUT2D eigenvalue weighted by Crippen LogP contribution is -2.19. The zero-order chi connectivity index (χ0) is 22.7. The number of benzene rings is 1. The smallest absolute Gasteiger partial charge is 0.328 e. The van der Waals surface area contributed by atoms with Crippen LogP contribution in [0.1, 0.15) is 41.6 Å². The molecule has 3 aromatic heterocycles. The predicted molar refractivity (Wildman–Crippen MR) is 127 cm³/mol. The number of aryl methyl sites for hydroxylation is 2. The van der Waals surface area contributed by atoms with Crippen molar-refractivity contribution in [1.29, 1.82) is 0 Å². The van der Waals surface area contributed by atoms with Gasteiger partial charge in [0.2, 0.25) is 0 Å². The molecule has 162 valence electrons. The van der Waals surface area contributed by atoms with Crippen molar-refractivity contribution in [3.63, 3.8) is 0 Å². The molecule has 0 aliphatic rings. The average Bonchev–Trinajstić information content (AvgIpc) is 3.27. The van der Waals surface area contributed by atoms with Crippen LogP contribution in [0.2, 0.25) is 0 Å². The van der Waals surface area contributed by atoms with Crippen LogP contribution in [0, 0.1) is 0 Å². The number of aliphatic carboxylic acids is 1. The summed E-state index contributed by atoms with van der Waals surface area (Å²) in [6, 6.07) is 13.1. The summed E-state index contributed by atoms with van der Waals surface area (Å²) < 4.78 is 1.46. The molecule has 1 aromatic carbocycles. The predicted octanol–water partition coefficient (Wildman–Crippen LogP) is 4.82. The molecule has 4 aromatic rings. The minimum Gasteiger partial charge on any atom is -0.478 e. The standard InChI is InChI=1S/C25H23N3O3S/c1-16(2)20-15-32-22(26-20)10-8-17-12-13-28-21(14-17)27-24(18-6-4-3-5-7-18)19(25(28)31)9-11-23(29)30/h3-7,9,11-16H,8,10H2,1-2H3,(H,29,30). The van der Waals surface area contributed by atoms with Crippen molar-refractivity contribution < 1.29 is 9.90 Å². The Morgan fingerprint density at radius 2 is 1.94 bits per heavy atom. The van der Waals surface area contributed by atoms with Gasteiger partial charge < -0.3 is 5.11 Å². The van der Waals surface area contributed by atoms with Crippen LogP contribution in [0.4, 0.5) is 0 Å². The second-order valence-electron chi connectivity index (χ2n) is 7.80. The van der Waals surface area contributed by atoms with Gasteiger partial charge in [-0.25, -0.2) is 14.8 Å². The van der Waals surface area contributed by atoms with Crippen LogP contribution in [0.25, 0.3) is 23.0 Å². The second-order valence-corrected chi connectivity index (χ2v) is 8.74. The molecule has 0 fully saturated rings. The number of nitrogens with zero attached hydrogens (tertiary/aromatic N) is 3. The van der Waals surface area contributed by atoms with Crippen LogP contribution < -0.4 is 5.56 Å². The number of thiazole rings is 1. The minimum atomic E-state index is -1.12. The van der Waals surface area contributed by atoms with Crippen molar-refractivity contribution in [1.82, 2.24) is 14.4 Å². The molecule has 0 unspecified atom stereocenters. The van der Waals surface area contributed by atoms with Gasteiger partial charge in [0.25, 0.3) is 5.56 Å². The maximum absolute atomic E-state index is 13.2. The number of fused-ring (bicyclic) bond motifs is 1. The van der Waals surface area contributed by atoms with E-state index in [1.165, 1.54) is 10.5 Å². The largest absolute Gasteiger partial charge is 0.478 e. The maximum atomic E-state index is 13.2. The lowest BCUT2D eigenvalue weighted by Gasteiger charge is -2.10. The van der Waals surface area contributed by atoms with Crippen LogP contribution in [0.5, 0.6) is 0 Å². The first-order valence-corrected chi connectivity index (χ1v) is 11.3. The van der Waals surface area contributed by atoms with Crippen LogP contribution in [0.15, 0.2) is 64.9 Å². The third-order valence-corrected chi connectivity index (χ3v) is 6.08. The number of hydrogen-bond donors (Lipinski definition) is 1. The van der Waals surface area contributed by atoms with Gasteiger partial charge in [-0.1, -0.05) is 44.2 Å². The van der Waals surface area contributed by atoms with E-state index >= 15 is 0 Å². The molecule has 0 spiro atoms. The highest BCUT2D eigenvalue weighted by Crippen LogP contribution is 2.22. The lowest BCUT2D eigenvalue weighted by atomic mass is 10.1. The highest BCUT2D eigenvalue weighted by molar-refractivity contribution is 7.09. The summed E-state index contributed by atoms with van der Waals surface area (Å²) in [5, 5.41) is 12.2. The van der Waals surface area contributed by atoms with Crippen LogP contribution in [-0.4, -0.2) is 25.4 Å². The van der Waals surface area contributed by atoms with Gasteiger partial charge in [0.05, 0.1) is 22.0 Å². The Labute approximate surface area is 189 Å². The minimum absolute atomic E-state index is 0.243. The normalized spacial score (nSPS) is 11.6. The zero-order valence-electron chi connectivity index (χ0n) is 17.9. The topological polar surface area (TPSA) is 84.6 Å². The molecule has 0 atom stereocenters. The first-order valence-electron chi connectivity index (χ1n) is 10.4. The van der Waals surface area contributed by atoms with E-state index in [1.54, 1.807) is 17.5 Å². The molecule has 0 saturated heterocycles. The number of pyridine rings is 1. The van der Waals surface area contributed by atoms with Crippen LogP contribution in [0.3, 0.4) is 0 Å². The van der Waals surface area contributed by atoms with Gasteiger partial charge in [0.15, 0.2) is 0 Å².